The zero-order valence-corrected chi connectivity index (χ0v) is 19.1. The van der Waals surface area contributed by atoms with E-state index in [1.165, 1.54) is 44.6 Å². The Kier molecular flexibility index (Phi) is 9.34. The molecule has 30 heavy (non-hydrogen) atoms. The van der Waals surface area contributed by atoms with Crippen molar-refractivity contribution in [3.63, 3.8) is 0 Å². The van der Waals surface area contributed by atoms with Crippen LogP contribution in [-0.4, -0.2) is 20.2 Å². The molecule has 0 saturated heterocycles. The number of fused-ring (bicyclic) bond motifs is 1. The second kappa shape index (κ2) is 11.3. The predicted octanol–water partition coefficient (Wildman–Crippen LogP) is 7.47. The minimum atomic E-state index is -5.70. The molecule has 0 amide bonds. The molecule has 8 heteroatoms. The maximum atomic E-state index is 12.7. The number of halogens is 3. The normalized spacial score (nSPS) is 12.4. The van der Waals surface area contributed by atoms with Crippen molar-refractivity contribution in [3.8, 4) is 5.75 Å². The zero-order chi connectivity index (χ0) is 22.2. The molecule has 0 aliphatic heterocycles. The molecule has 0 heterocycles. The molecule has 0 aliphatic carbocycles. The summed E-state index contributed by atoms with van der Waals surface area (Å²) < 4.78 is 65.4. The van der Waals surface area contributed by atoms with Crippen LogP contribution in [0.3, 0.4) is 0 Å². The van der Waals surface area contributed by atoms with E-state index >= 15 is 0 Å². The molecule has 0 unspecified atom stereocenters. The highest BCUT2D eigenvalue weighted by molar-refractivity contribution is 7.98. The summed E-state index contributed by atoms with van der Waals surface area (Å²) >= 11 is 1.14. The lowest BCUT2D eigenvalue weighted by molar-refractivity contribution is -0.0500. The minimum absolute atomic E-state index is 0.295. The third kappa shape index (κ3) is 7.08. The molecule has 0 fully saturated rings. The Morgan fingerprint density at radius 3 is 2.13 bits per heavy atom. The highest BCUT2D eigenvalue weighted by atomic mass is 32.2. The van der Waals surface area contributed by atoms with E-state index in [2.05, 4.69) is 11.1 Å². The number of hydrogen-bond acceptors (Lipinski definition) is 4. The number of alkyl halides is 3. The molecule has 0 bridgehead atoms. The monoisotopic (exact) mass is 462 g/mol. The average molecular weight is 463 g/mol. The lowest BCUT2D eigenvalue weighted by atomic mass is 10.0. The van der Waals surface area contributed by atoms with Crippen LogP contribution >= 0.6 is 11.8 Å². The van der Waals surface area contributed by atoms with Crippen LogP contribution in [0.15, 0.2) is 35.2 Å². The topological polar surface area (TPSA) is 43.4 Å². The number of thioether (sulfide) groups is 1. The standard InChI is InChI=1S/C22H29F3O3S2/c1-3-4-5-6-7-8-9-10-11-17-12-13-18-16-21(29-2)20(15-19(18)14-17)28-30(26,27)22(23,24)25/h12-16H,3-11H2,1-2H3. The van der Waals surface area contributed by atoms with Crippen molar-refractivity contribution >= 4 is 32.7 Å². The maximum Gasteiger partial charge on any atom is 0.534 e. The van der Waals surface area contributed by atoms with Gasteiger partial charge in [0.1, 0.15) is 0 Å². The first kappa shape index (κ1) is 24.9. The van der Waals surface area contributed by atoms with E-state index in [-0.39, 0.29) is 5.75 Å². The van der Waals surface area contributed by atoms with E-state index in [1.54, 1.807) is 12.3 Å². The molecule has 168 valence electrons. The van der Waals surface area contributed by atoms with Gasteiger partial charge in [0, 0.05) is 0 Å². The van der Waals surface area contributed by atoms with Crippen LogP contribution < -0.4 is 4.18 Å². The van der Waals surface area contributed by atoms with E-state index < -0.39 is 15.6 Å². The molecular formula is C22H29F3O3S2. The Morgan fingerprint density at radius 1 is 0.900 bits per heavy atom. The molecule has 0 saturated carbocycles. The molecule has 0 aromatic heterocycles. The third-order valence-electron chi connectivity index (χ3n) is 4.99. The van der Waals surface area contributed by atoms with Crippen molar-refractivity contribution < 1.29 is 25.8 Å². The Balaban J connectivity index is 2.06. The summed E-state index contributed by atoms with van der Waals surface area (Å²) in [6.07, 6.45) is 12.3. The summed E-state index contributed by atoms with van der Waals surface area (Å²) in [5, 5.41) is 1.49. The summed E-state index contributed by atoms with van der Waals surface area (Å²) in [6, 6.07) is 8.86. The number of benzene rings is 2. The van der Waals surface area contributed by atoms with Crippen molar-refractivity contribution in [1.82, 2.24) is 0 Å². The van der Waals surface area contributed by atoms with Crippen molar-refractivity contribution in [3.05, 3.63) is 35.9 Å². The summed E-state index contributed by atoms with van der Waals surface area (Å²) in [5.41, 5.74) is -4.38. The fourth-order valence-corrected chi connectivity index (χ4v) is 4.38. The first-order chi connectivity index (χ1) is 14.2. The molecule has 2 aromatic rings. The molecule has 0 spiro atoms. The van der Waals surface area contributed by atoms with Crippen molar-refractivity contribution in [2.45, 2.75) is 75.1 Å². The van der Waals surface area contributed by atoms with E-state index in [0.29, 0.717) is 10.3 Å². The van der Waals surface area contributed by atoms with Crippen LogP contribution in [0.4, 0.5) is 13.2 Å². The molecule has 2 rings (SSSR count). The van der Waals surface area contributed by atoms with Crippen LogP contribution in [0.5, 0.6) is 5.75 Å². The van der Waals surface area contributed by atoms with Gasteiger partial charge in [-0.1, -0.05) is 70.1 Å². The molecular weight excluding hydrogens is 433 g/mol. The molecule has 0 N–H and O–H groups in total. The molecule has 0 aliphatic rings. The highest BCUT2D eigenvalue weighted by Gasteiger charge is 2.48. The zero-order valence-electron chi connectivity index (χ0n) is 17.4. The van der Waals surface area contributed by atoms with Crippen LogP contribution in [0.2, 0.25) is 0 Å². The number of hydrogen-bond donors (Lipinski definition) is 0. The quantitative estimate of drug-likeness (QED) is 0.142. The van der Waals surface area contributed by atoms with Crippen LogP contribution in [-0.2, 0) is 16.5 Å². The SMILES string of the molecule is CCCCCCCCCCc1ccc2cc(SC)c(OS(=O)(=O)C(F)(F)F)cc2c1. The first-order valence-electron chi connectivity index (χ1n) is 10.3. The second-order valence-corrected chi connectivity index (χ2v) is 9.78. The predicted molar refractivity (Wildman–Crippen MR) is 118 cm³/mol. The van der Waals surface area contributed by atoms with Crippen LogP contribution in [0.1, 0.15) is 63.9 Å². The van der Waals surface area contributed by atoms with Crippen molar-refractivity contribution in [2.75, 3.05) is 6.26 Å². The molecule has 0 atom stereocenters. The maximum absolute atomic E-state index is 12.7. The third-order valence-corrected chi connectivity index (χ3v) is 6.71. The van der Waals surface area contributed by atoms with Gasteiger partial charge in [-0.15, -0.1) is 11.8 Å². The van der Waals surface area contributed by atoms with Gasteiger partial charge in [-0.3, -0.25) is 0 Å². The van der Waals surface area contributed by atoms with Gasteiger partial charge < -0.3 is 4.18 Å². The first-order valence-corrected chi connectivity index (χ1v) is 12.9. The molecule has 3 nitrogen and oxygen atoms in total. The van der Waals surface area contributed by atoms with Gasteiger partial charge >= 0.3 is 15.6 Å². The van der Waals surface area contributed by atoms with E-state index in [4.69, 9.17) is 0 Å². The van der Waals surface area contributed by atoms with Gasteiger partial charge in [-0.25, -0.2) is 0 Å². The minimum Gasteiger partial charge on any atom is -0.375 e. The van der Waals surface area contributed by atoms with E-state index in [1.807, 2.05) is 18.2 Å². The summed E-state index contributed by atoms with van der Waals surface area (Å²) in [7, 11) is -5.70. The lowest BCUT2D eigenvalue weighted by Gasteiger charge is -2.13. The van der Waals surface area contributed by atoms with Gasteiger partial charge in [0.25, 0.3) is 0 Å². The van der Waals surface area contributed by atoms with Crippen molar-refractivity contribution in [2.24, 2.45) is 0 Å². The number of rotatable bonds is 12. The van der Waals surface area contributed by atoms with E-state index in [9.17, 15) is 21.6 Å². The highest BCUT2D eigenvalue weighted by Crippen LogP contribution is 2.36. The second-order valence-electron chi connectivity index (χ2n) is 7.39. The van der Waals surface area contributed by atoms with Gasteiger partial charge in [-0.05, 0) is 47.6 Å². The Hall–Kier alpha value is -1.41. The smallest absolute Gasteiger partial charge is 0.375 e. The average Bonchev–Trinajstić information content (AvgIpc) is 2.68. The van der Waals surface area contributed by atoms with Gasteiger partial charge in [0.05, 0.1) is 4.90 Å². The summed E-state index contributed by atoms with van der Waals surface area (Å²) in [4.78, 5) is 0.339. The Morgan fingerprint density at radius 2 is 1.53 bits per heavy atom. The molecule has 0 radical (unpaired) electrons. The summed E-state index contributed by atoms with van der Waals surface area (Å²) in [6.45, 7) is 2.20. The number of unbranched alkanes of at least 4 members (excludes halogenated alkanes) is 7. The van der Waals surface area contributed by atoms with Gasteiger partial charge in [-0.2, -0.15) is 21.6 Å². The van der Waals surface area contributed by atoms with E-state index in [0.717, 1.165) is 42.0 Å². The van der Waals surface area contributed by atoms with Crippen LogP contribution in [0, 0.1) is 0 Å². The van der Waals surface area contributed by atoms with Crippen molar-refractivity contribution in [1.29, 1.82) is 0 Å². The molecule has 2 aromatic carbocycles. The fourth-order valence-electron chi connectivity index (χ4n) is 3.31. The number of aryl methyl sites for hydroxylation is 1. The summed E-state index contributed by atoms with van der Waals surface area (Å²) in [5.74, 6) is -0.295. The van der Waals surface area contributed by atoms with Crippen LogP contribution in [0.25, 0.3) is 10.8 Å². The van der Waals surface area contributed by atoms with Gasteiger partial charge in [0.15, 0.2) is 5.75 Å². The largest absolute Gasteiger partial charge is 0.534 e. The Bertz CT molecular complexity index is 925. The fraction of sp³-hybridized carbons (Fsp3) is 0.545. The van der Waals surface area contributed by atoms with Gasteiger partial charge in [0.2, 0.25) is 0 Å². The lowest BCUT2D eigenvalue weighted by Crippen LogP contribution is -2.28. The Labute approximate surface area is 181 Å².